The third-order valence-electron chi connectivity index (χ3n) is 2.59. The van der Waals surface area contributed by atoms with Crippen LogP contribution in [-0.4, -0.2) is 31.9 Å². The fraction of sp³-hybridized carbons (Fsp3) is 0.214. The molecular formula is C14H15ClN2O4. The van der Waals surface area contributed by atoms with Crippen molar-refractivity contribution in [2.75, 3.05) is 19.5 Å². The van der Waals surface area contributed by atoms with E-state index in [4.69, 9.17) is 11.6 Å². The molecule has 21 heavy (non-hydrogen) atoms. The molecule has 0 saturated heterocycles. The Labute approximate surface area is 127 Å². The van der Waals surface area contributed by atoms with Crippen LogP contribution in [-0.2, 0) is 14.3 Å². The van der Waals surface area contributed by atoms with Gasteiger partial charge in [-0.1, -0.05) is 11.6 Å². The third-order valence-corrected chi connectivity index (χ3v) is 2.81. The Hall–Kier alpha value is -2.34. The Bertz CT molecular complexity index is 611. The van der Waals surface area contributed by atoms with Crippen molar-refractivity contribution in [2.45, 2.75) is 6.92 Å². The van der Waals surface area contributed by atoms with Gasteiger partial charge >= 0.3 is 5.97 Å². The van der Waals surface area contributed by atoms with Gasteiger partial charge in [0.25, 0.3) is 5.91 Å². The van der Waals surface area contributed by atoms with Crippen LogP contribution in [0, 0.1) is 6.92 Å². The highest BCUT2D eigenvalue weighted by atomic mass is 35.5. The number of methoxy groups -OCH3 is 1. The Balaban J connectivity index is 3.07. The molecule has 0 unspecified atom stereocenters. The Morgan fingerprint density at radius 1 is 1.24 bits per heavy atom. The lowest BCUT2D eigenvalue weighted by Gasteiger charge is -2.12. The van der Waals surface area contributed by atoms with Crippen molar-refractivity contribution in [3.63, 3.8) is 0 Å². The molecule has 0 radical (unpaired) electrons. The number of hydrogen-bond donors (Lipinski definition) is 2. The maximum atomic E-state index is 11.8. The minimum Gasteiger partial charge on any atom is -0.466 e. The van der Waals surface area contributed by atoms with Gasteiger partial charge in [-0.25, -0.2) is 4.79 Å². The molecule has 2 N–H and O–H groups in total. The molecule has 0 aromatic heterocycles. The van der Waals surface area contributed by atoms with Crippen LogP contribution in [0.4, 0.5) is 5.69 Å². The second kappa shape index (κ2) is 7.44. The van der Waals surface area contributed by atoms with Gasteiger partial charge in [-0.3, -0.25) is 9.59 Å². The molecule has 0 aliphatic rings. The van der Waals surface area contributed by atoms with Gasteiger partial charge in [-0.15, -0.1) is 0 Å². The second-order valence-corrected chi connectivity index (χ2v) is 4.51. The Morgan fingerprint density at radius 3 is 2.48 bits per heavy atom. The average molecular weight is 311 g/mol. The zero-order valence-electron chi connectivity index (χ0n) is 11.8. The number of nitrogens with one attached hydrogen (secondary N) is 2. The van der Waals surface area contributed by atoms with Crippen LogP contribution in [0.2, 0.25) is 5.02 Å². The summed E-state index contributed by atoms with van der Waals surface area (Å²) in [5.41, 5.74) is 1.20. The zero-order valence-corrected chi connectivity index (χ0v) is 12.6. The number of amides is 2. The quantitative estimate of drug-likeness (QED) is 0.654. The van der Waals surface area contributed by atoms with Gasteiger partial charge in [0, 0.05) is 24.2 Å². The molecule has 112 valence electrons. The number of ether oxygens (including phenoxy) is 1. The Morgan fingerprint density at radius 2 is 1.90 bits per heavy atom. The number of aryl methyl sites for hydroxylation is 1. The SMILES string of the molecule is CNC(=O)c1cc(Cl)cc(C)c1NC(=O)C=CC(=O)OC. The van der Waals surface area contributed by atoms with E-state index in [0.29, 0.717) is 16.3 Å². The predicted molar refractivity (Wildman–Crippen MR) is 79.4 cm³/mol. The van der Waals surface area contributed by atoms with Gasteiger partial charge < -0.3 is 15.4 Å². The van der Waals surface area contributed by atoms with Gasteiger partial charge in [-0.05, 0) is 24.6 Å². The molecule has 0 fully saturated rings. The first-order valence-electron chi connectivity index (χ1n) is 5.98. The summed E-state index contributed by atoms with van der Waals surface area (Å²) in [6.07, 6.45) is 2.01. The second-order valence-electron chi connectivity index (χ2n) is 4.07. The standard InChI is InChI=1S/C14H15ClN2O4/c1-8-6-9(15)7-10(14(20)16-2)13(8)17-11(18)4-5-12(19)21-3/h4-7H,1-3H3,(H,16,20)(H,17,18). The van der Waals surface area contributed by atoms with Gasteiger partial charge in [0.1, 0.15) is 0 Å². The van der Waals surface area contributed by atoms with Crippen LogP contribution in [0.25, 0.3) is 0 Å². The summed E-state index contributed by atoms with van der Waals surface area (Å²) < 4.78 is 4.38. The van der Waals surface area contributed by atoms with Gasteiger partial charge in [0.05, 0.1) is 18.4 Å². The molecule has 1 aromatic rings. The highest BCUT2D eigenvalue weighted by Crippen LogP contribution is 2.25. The molecule has 2 amide bonds. The van der Waals surface area contributed by atoms with Crippen molar-refractivity contribution in [3.05, 3.63) is 40.4 Å². The topological polar surface area (TPSA) is 84.5 Å². The highest BCUT2D eigenvalue weighted by Gasteiger charge is 2.15. The normalized spacial score (nSPS) is 10.3. The van der Waals surface area contributed by atoms with Crippen LogP contribution >= 0.6 is 11.6 Å². The highest BCUT2D eigenvalue weighted by molar-refractivity contribution is 6.31. The number of rotatable bonds is 4. The molecular weight excluding hydrogens is 296 g/mol. The van der Waals surface area contributed by atoms with Crippen molar-refractivity contribution >= 4 is 35.1 Å². The largest absolute Gasteiger partial charge is 0.466 e. The molecule has 0 aliphatic heterocycles. The maximum Gasteiger partial charge on any atom is 0.330 e. The summed E-state index contributed by atoms with van der Waals surface area (Å²) in [6, 6.07) is 3.07. The fourth-order valence-corrected chi connectivity index (χ4v) is 1.87. The van der Waals surface area contributed by atoms with E-state index in [2.05, 4.69) is 15.4 Å². The number of carbonyl (C=O) groups is 3. The maximum absolute atomic E-state index is 11.8. The minimum atomic E-state index is -0.649. The molecule has 1 aromatic carbocycles. The molecule has 0 aliphatic carbocycles. The molecule has 6 nitrogen and oxygen atoms in total. The van der Waals surface area contributed by atoms with Crippen molar-refractivity contribution < 1.29 is 19.1 Å². The summed E-state index contributed by atoms with van der Waals surface area (Å²) in [7, 11) is 2.68. The number of anilines is 1. The monoisotopic (exact) mass is 310 g/mol. The van der Waals surface area contributed by atoms with Crippen LogP contribution in [0.15, 0.2) is 24.3 Å². The first-order chi connectivity index (χ1) is 9.88. The molecule has 0 atom stereocenters. The van der Waals surface area contributed by atoms with Crippen LogP contribution < -0.4 is 10.6 Å². The van der Waals surface area contributed by atoms with Gasteiger partial charge in [0.2, 0.25) is 5.91 Å². The smallest absolute Gasteiger partial charge is 0.330 e. The first-order valence-corrected chi connectivity index (χ1v) is 6.36. The number of hydrogen-bond acceptors (Lipinski definition) is 4. The number of carbonyl (C=O) groups excluding carboxylic acids is 3. The zero-order chi connectivity index (χ0) is 16.0. The molecule has 7 heteroatoms. The molecule has 0 spiro atoms. The van der Waals surface area contributed by atoms with E-state index in [1.807, 2.05) is 0 Å². The van der Waals surface area contributed by atoms with Crippen LogP contribution in [0.3, 0.4) is 0 Å². The Kier molecular flexibility index (Phi) is 5.92. The van der Waals surface area contributed by atoms with E-state index in [9.17, 15) is 14.4 Å². The van der Waals surface area contributed by atoms with Crippen molar-refractivity contribution in [2.24, 2.45) is 0 Å². The lowest BCUT2D eigenvalue weighted by atomic mass is 10.1. The third kappa shape index (κ3) is 4.61. The number of halogens is 1. The lowest BCUT2D eigenvalue weighted by molar-refractivity contribution is -0.135. The summed E-state index contributed by atoms with van der Waals surface area (Å²) in [4.78, 5) is 34.5. The number of esters is 1. The fourth-order valence-electron chi connectivity index (χ4n) is 1.60. The number of benzene rings is 1. The van der Waals surface area contributed by atoms with E-state index in [1.54, 1.807) is 13.0 Å². The molecule has 0 bridgehead atoms. The summed E-state index contributed by atoms with van der Waals surface area (Å²) >= 11 is 5.91. The minimum absolute atomic E-state index is 0.238. The molecule has 0 saturated carbocycles. The van der Waals surface area contributed by atoms with Crippen molar-refractivity contribution in [1.82, 2.24) is 5.32 Å². The molecule has 0 heterocycles. The lowest BCUT2D eigenvalue weighted by Crippen LogP contribution is -2.21. The summed E-state index contributed by atoms with van der Waals surface area (Å²) in [6.45, 7) is 1.71. The van der Waals surface area contributed by atoms with Crippen molar-refractivity contribution in [1.29, 1.82) is 0 Å². The van der Waals surface area contributed by atoms with E-state index in [0.717, 1.165) is 12.2 Å². The van der Waals surface area contributed by atoms with Crippen molar-refractivity contribution in [3.8, 4) is 0 Å². The van der Waals surface area contributed by atoms with E-state index < -0.39 is 11.9 Å². The van der Waals surface area contributed by atoms with E-state index in [-0.39, 0.29) is 11.5 Å². The average Bonchev–Trinajstić information content (AvgIpc) is 2.46. The van der Waals surface area contributed by atoms with Gasteiger partial charge in [0.15, 0.2) is 0 Å². The molecule has 1 rings (SSSR count). The van der Waals surface area contributed by atoms with Gasteiger partial charge in [-0.2, -0.15) is 0 Å². The van der Waals surface area contributed by atoms with E-state index in [1.165, 1.54) is 20.2 Å². The van der Waals surface area contributed by atoms with Crippen LogP contribution in [0.5, 0.6) is 0 Å². The van der Waals surface area contributed by atoms with Crippen LogP contribution in [0.1, 0.15) is 15.9 Å². The van der Waals surface area contributed by atoms with E-state index >= 15 is 0 Å². The first kappa shape index (κ1) is 16.7. The predicted octanol–water partition coefficient (Wildman–Crippen LogP) is 1.68. The summed E-state index contributed by atoms with van der Waals surface area (Å²) in [5, 5.41) is 5.40. The summed E-state index contributed by atoms with van der Waals surface area (Å²) in [5.74, 6) is -1.59.